The van der Waals surface area contributed by atoms with Crippen LogP contribution in [-0.2, 0) is 14.8 Å². The van der Waals surface area contributed by atoms with Crippen LogP contribution in [0.2, 0.25) is 0 Å². The van der Waals surface area contributed by atoms with Crippen LogP contribution in [0.15, 0.2) is 47.4 Å². The Balaban J connectivity index is 2.33. The van der Waals surface area contributed by atoms with Crippen molar-refractivity contribution in [1.82, 2.24) is 0 Å². The summed E-state index contributed by atoms with van der Waals surface area (Å²) >= 11 is 0. The molecule has 122 valence electrons. The van der Waals surface area contributed by atoms with Crippen LogP contribution in [0.1, 0.15) is 22.8 Å². The molecule has 0 saturated carbocycles. The molecule has 0 bridgehead atoms. The van der Waals surface area contributed by atoms with Crippen LogP contribution in [0.3, 0.4) is 0 Å². The van der Waals surface area contributed by atoms with E-state index in [4.69, 9.17) is 4.74 Å². The van der Waals surface area contributed by atoms with Gasteiger partial charge in [-0.05, 0) is 55.8 Å². The highest BCUT2D eigenvalue weighted by atomic mass is 32.2. The number of benzene rings is 2. The van der Waals surface area contributed by atoms with Gasteiger partial charge in [0.2, 0.25) is 0 Å². The number of halogens is 1. The fourth-order valence-corrected chi connectivity index (χ4v) is 3.01. The lowest BCUT2D eigenvalue weighted by Gasteiger charge is -2.12. The van der Waals surface area contributed by atoms with Crippen molar-refractivity contribution in [2.45, 2.75) is 18.7 Å². The van der Waals surface area contributed by atoms with Crippen LogP contribution in [-0.4, -0.2) is 21.0 Å². The first-order valence-corrected chi connectivity index (χ1v) is 8.38. The summed E-state index contributed by atoms with van der Waals surface area (Å²) in [5.74, 6) is -1.06. The van der Waals surface area contributed by atoms with E-state index in [-0.39, 0.29) is 22.8 Å². The highest BCUT2D eigenvalue weighted by Gasteiger charge is 2.17. The summed E-state index contributed by atoms with van der Waals surface area (Å²) in [5, 5.41) is 0. The number of ether oxygens (including phenoxy) is 1. The first kappa shape index (κ1) is 17.0. The van der Waals surface area contributed by atoms with Crippen LogP contribution >= 0.6 is 0 Å². The Labute approximate surface area is 134 Å². The number of sulfonamides is 1. The van der Waals surface area contributed by atoms with E-state index < -0.39 is 21.8 Å². The van der Waals surface area contributed by atoms with Gasteiger partial charge in [-0.1, -0.05) is 6.07 Å². The van der Waals surface area contributed by atoms with Gasteiger partial charge in [0.25, 0.3) is 10.0 Å². The second-order valence-corrected chi connectivity index (χ2v) is 6.49. The van der Waals surface area contributed by atoms with Crippen molar-refractivity contribution in [3.8, 4) is 0 Å². The summed E-state index contributed by atoms with van der Waals surface area (Å²) in [6, 6.07) is 9.06. The number of carbonyl (C=O) groups is 1. The molecule has 23 heavy (non-hydrogen) atoms. The van der Waals surface area contributed by atoms with Gasteiger partial charge in [-0.15, -0.1) is 0 Å². The zero-order valence-corrected chi connectivity index (χ0v) is 13.5. The Bertz CT molecular complexity index is 816. The topological polar surface area (TPSA) is 72.5 Å². The second-order valence-electron chi connectivity index (χ2n) is 4.81. The van der Waals surface area contributed by atoms with E-state index >= 15 is 0 Å². The molecule has 0 unspecified atom stereocenters. The first-order chi connectivity index (χ1) is 10.8. The summed E-state index contributed by atoms with van der Waals surface area (Å²) < 4.78 is 44.9. The molecule has 1 N–H and O–H groups in total. The number of aryl methyl sites for hydroxylation is 1. The van der Waals surface area contributed by atoms with Crippen molar-refractivity contribution in [2.75, 3.05) is 11.3 Å². The molecule has 0 saturated heterocycles. The molecule has 0 radical (unpaired) electrons. The largest absolute Gasteiger partial charge is 0.462 e. The minimum atomic E-state index is -3.88. The Morgan fingerprint density at radius 2 is 1.83 bits per heavy atom. The molecule has 5 nitrogen and oxygen atoms in total. The van der Waals surface area contributed by atoms with E-state index in [0.29, 0.717) is 5.56 Å². The molecule has 0 aliphatic heterocycles. The average Bonchev–Trinajstić information content (AvgIpc) is 2.50. The lowest BCUT2D eigenvalue weighted by Crippen LogP contribution is -2.14. The van der Waals surface area contributed by atoms with Gasteiger partial charge in [0.05, 0.1) is 22.8 Å². The summed E-state index contributed by atoms with van der Waals surface area (Å²) in [4.78, 5) is 11.7. The van der Waals surface area contributed by atoms with Crippen LogP contribution in [0.5, 0.6) is 0 Å². The molecule has 0 aliphatic rings. The second kappa shape index (κ2) is 6.78. The highest BCUT2D eigenvalue weighted by Crippen LogP contribution is 2.22. The molecule has 0 heterocycles. The van der Waals surface area contributed by atoms with Crippen molar-refractivity contribution in [2.24, 2.45) is 0 Å². The maximum absolute atomic E-state index is 12.9. The predicted octanol–water partition coefficient (Wildman–Crippen LogP) is 3.11. The van der Waals surface area contributed by atoms with Gasteiger partial charge in [-0.2, -0.15) is 0 Å². The van der Waals surface area contributed by atoms with Crippen LogP contribution in [0.4, 0.5) is 10.1 Å². The molecule has 0 amide bonds. The van der Waals surface area contributed by atoms with Gasteiger partial charge in [0.1, 0.15) is 5.82 Å². The van der Waals surface area contributed by atoms with Crippen LogP contribution < -0.4 is 4.72 Å². The van der Waals surface area contributed by atoms with E-state index in [2.05, 4.69) is 4.72 Å². The van der Waals surface area contributed by atoms with Gasteiger partial charge < -0.3 is 4.74 Å². The van der Waals surface area contributed by atoms with Crippen molar-refractivity contribution in [1.29, 1.82) is 0 Å². The Kier molecular flexibility index (Phi) is 5.00. The summed E-state index contributed by atoms with van der Waals surface area (Å²) in [6.07, 6.45) is 0. The number of esters is 1. The molecular formula is C16H16FNO4S. The molecule has 2 aromatic rings. The Morgan fingerprint density at radius 3 is 2.43 bits per heavy atom. The van der Waals surface area contributed by atoms with Crippen molar-refractivity contribution >= 4 is 21.7 Å². The third-order valence-electron chi connectivity index (χ3n) is 3.12. The van der Waals surface area contributed by atoms with Crippen molar-refractivity contribution in [3.05, 3.63) is 59.4 Å². The molecule has 0 atom stereocenters. The third-order valence-corrected chi connectivity index (χ3v) is 4.50. The number of carbonyl (C=O) groups excluding carboxylic acids is 1. The molecular weight excluding hydrogens is 321 g/mol. The van der Waals surface area contributed by atoms with Crippen LogP contribution in [0, 0.1) is 12.7 Å². The number of hydrogen-bond acceptors (Lipinski definition) is 4. The zero-order chi connectivity index (χ0) is 17.0. The van der Waals surface area contributed by atoms with Gasteiger partial charge in [-0.25, -0.2) is 17.6 Å². The minimum Gasteiger partial charge on any atom is -0.462 e. The number of anilines is 1. The van der Waals surface area contributed by atoms with E-state index in [1.54, 1.807) is 26.0 Å². The molecule has 0 aliphatic carbocycles. The van der Waals surface area contributed by atoms with Gasteiger partial charge >= 0.3 is 5.97 Å². The summed E-state index contributed by atoms with van der Waals surface area (Å²) in [7, 11) is -3.88. The van der Waals surface area contributed by atoms with E-state index in [9.17, 15) is 17.6 Å². The monoisotopic (exact) mass is 337 g/mol. The molecule has 0 fully saturated rings. The number of rotatable bonds is 5. The maximum atomic E-state index is 12.9. The van der Waals surface area contributed by atoms with Crippen molar-refractivity contribution < 1.29 is 22.3 Å². The van der Waals surface area contributed by atoms with E-state index in [1.165, 1.54) is 18.2 Å². The average molecular weight is 337 g/mol. The highest BCUT2D eigenvalue weighted by molar-refractivity contribution is 7.92. The van der Waals surface area contributed by atoms with E-state index in [1.807, 2.05) is 0 Å². The Morgan fingerprint density at radius 1 is 1.17 bits per heavy atom. The summed E-state index contributed by atoms with van der Waals surface area (Å²) in [5.41, 5.74) is 1.15. The predicted molar refractivity (Wildman–Crippen MR) is 84.3 cm³/mol. The van der Waals surface area contributed by atoms with Gasteiger partial charge in [0, 0.05) is 0 Å². The number of hydrogen-bond donors (Lipinski definition) is 1. The van der Waals surface area contributed by atoms with E-state index in [0.717, 1.165) is 12.1 Å². The lowest BCUT2D eigenvalue weighted by molar-refractivity contribution is 0.0526. The molecule has 2 aromatic carbocycles. The fraction of sp³-hybridized carbons (Fsp3) is 0.188. The standard InChI is InChI=1S/C16H16FNO4S/c1-3-22-16(19)12-5-4-11(2)15(10-12)18-23(20,21)14-8-6-13(17)7-9-14/h4-10,18H,3H2,1-2H3. The van der Waals surface area contributed by atoms with Gasteiger partial charge in [0.15, 0.2) is 0 Å². The smallest absolute Gasteiger partial charge is 0.338 e. The molecule has 0 spiro atoms. The van der Waals surface area contributed by atoms with Crippen molar-refractivity contribution in [3.63, 3.8) is 0 Å². The lowest BCUT2D eigenvalue weighted by atomic mass is 10.1. The minimum absolute atomic E-state index is 0.0696. The quantitative estimate of drug-likeness (QED) is 0.851. The SMILES string of the molecule is CCOC(=O)c1ccc(C)c(NS(=O)(=O)c2ccc(F)cc2)c1. The zero-order valence-electron chi connectivity index (χ0n) is 12.7. The molecule has 0 aromatic heterocycles. The third kappa shape index (κ3) is 4.07. The van der Waals surface area contributed by atoms with Crippen LogP contribution in [0.25, 0.3) is 0 Å². The maximum Gasteiger partial charge on any atom is 0.338 e. The molecule has 2 rings (SSSR count). The number of nitrogens with one attached hydrogen (secondary N) is 1. The molecule has 7 heteroatoms. The summed E-state index contributed by atoms with van der Waals surface area (Å²) in [6.45, 7) is 3.62. The normalized spacial score (nSPS) is 11.1. The van der Waals surface area contributed by atoms with Gasteiger partial charge in [-0.3, -0.25) is 4.72 Å². The Hall–Kier alpha value is -2.41. The first-order valence-electron chi connectivity index (χ1n) is 6.89. The fourth-order valence-electron chi connectivity index (χ4n) is 1.89.